The third kappa shape index (κ3) is 4.85. The second kappa shape index (κ2) is 7.90. The normalized spacial score (nSPS) is 21.9. The van der Waals surface area contributed by atoms with Crippen molar-refractivity contribution in [3.8, 4) is 0 Å². The molecule has 2 amide bonds. The SMILES string of the molecule is CC1CCC(NC(=O)NCc2cccc(Cn3ccnc3)c2)CS1(=O)=O. The van der Waals surface area contributed by atoms with Crippen molar-refractivity contribution < 1.29 is 13.2 Å². The summed E-state index contributed by atoms with van der Waals surface area (Å²) >= 11 is 0. The van der Waals surface area contributed by atoms with Gasteiger partial charge in [0.1, 0.15) is 0 Å². The number of nitrogens with one attached hydrogen (secondary N) is 2. The van der Waals surface area contributed by atoms with Crippen molar-refractivity contribution in [3.05, 3.63) is 54.1 Å². The van der Waals surface area contributed by atoms with Gasteiger partial charge in [-0.3, -0.25) is 0 Å². The van der Waals surface area contributed by atoms with Gasteiger partial charge >= 0.3 is 6.03 Å². The van der Waals surface area contributed by atoms with Crippen LogP contribution in [0, 0.1) is 0 Å². The minimum atomic E-state index is -3.10. The van der Waals surface area contributed by atoms with Gasteiger partial charge in [-0.2, -0.15) is 0 Å². The lowest BCUT2D eigenvalue weighted by Gasteiger charge is -2.27. The first kappa shape index (κ1) is 18.4. The van der Waals surface area contributed by atoms with Crippen molar-refractivity contribution in [2.75, 3.05) is 5.75 Å². The third-order valence-corrected chi connectivity index (χ3v) is 7.00. The van der Waals surface area contributed by atoms with Gasteiger partial charge in [-0.05, 0) is 30.9 Å². The van der Waals surface area contributed by atoms with Crippen molar-refractivity contribution in [3.63, 3.8) is 0 Å². The summed E-state index contributed by atoms with van der Waals surface area (Å²) in [5, 5.41) is 5.26. The summed E-state index contributed by atoms with van der Waals surface area (Å²) in [5.74, 6) is 0.0159. The fourth-order valence-electron chi connectivity index (χ4n) is 3.11. The Morgan fingerprint density at radius 2 is 2.12 bits per heavy atom. The van der Waals surface area contributed by atoms with Gasteiger partial charge in [-0.1, -0.05) is 24.3 Å². The Labute approximate surface area is 153 Å². The lowest BCUT2D eigenvalue weighted by atomic mass is 10.1. The minimum absolute atomic E-state index is 0.0159. The maximum Gasteiger partial charge on any atom is 0.315 e. The highest BCUT2D eigenvalue weighted by Gasteiger charge is 2.31. The van der Waals surface area contributed by atoms with Crippen LogP contribution in [-0.4, -0.2) is 41.0 Å². The van der Waals surface area contributed by atoms with Crippen LogP contribution in [0.5, 0.6) is 0 Å². The number of imidazole rings is 1. The molecular weight excluding hydrogens is 352 g/mol. The number of sulfone groups is 1. The number of urea groups is 1. The van der Waals surface area contributed by atoms with E-state index in [-0.39, 0.29) is 23.1 Å². The van der Waals surface area contributed by atoms with E-state index in [2.05, 4.69) is 15.6 Å². The van der Waals surface area contributed by atoms with E-state index in [9.17, 15) is 13.2 Å². The molecule has 1 aromatic heterocycles. The average Bonchev–Trinajstić information content (AvgIpc) is 3.09. The van der Waals surface area contributed by atoms with Gasteiger partial charge in [-0.25, -0.2) is 18.2 Å². The molecule has 0 saturated carbocycles. The van der Waals surface area contributed by atoms with Crippen molar-refractivity contribution in [1.82, 2.24) is 20.2 Å². The van der Waals surface area contributed by atoms with Crippen LogP contribution in [-0.2, 0) is 22.9 Å². The minimum Gasteiger partial charge on any atom is -0.334 e. The molecule has 2 unspecified atom stereocenters. The lowest BCUT2D eigenvalue weighted by molar-refractivity contribution is 0.236. The Morgan fingerprint density at radius 3 is 2.85 bits per heavy atom. The molecule has 1 aliphatic heterocycles. The second-order valence-electron chi connectivity index (χ2n) is 6.80. The first-order valence-electron chi connectivity index (χ1n) is 8.72. The largest absolute Gasteiger partial charge is 0.334 e. The highest BCUT2D eigenvalue weighted by Crippen LogP contribution is 2.19. The Morgan fingerprint density at radius 1 is 1.31 bits per heavy atom. The van der Waals surface area contributed by atoms with E-state index in [1.54, 1.807) is 19.4 Å². The molecule has 0 radical (unpaired) electrons. The zero-order chi connectivity index (χ0) is 18.6. The van der Waals surface area contributed by atoms with Crippen molar-refractivity contribution in [2.24, 2.45) is 0 Å². The van der Waals surface area contributed by atoms with Crippen LogP contribution in [0.3, 0.4) is 0 Å². The Kier molecular flexibility index (Phi) is 5.61. The maximum absolute atomic E-state index is 12.1. The van der Waals surface area contributed by atoms with E-state index in [0.29, 0.717) is 19.4 Å². The first-order valence-corrected chi connectivity index (χ1v) is 10.4. The number of aromatic nitrogens is 2. The van der Waals surface area contributed by atoms with Crippen LogP contribution in [0.15, 0.2) is 43.0 Å². The molecule has 2 heterocycles. The molecule has 0 bridgehead atoms. The van der Waals surface area contributed by atoms with Crippen molar-refractivity contribution in [1.29, 1.82) is 0 Å². The fraction of sp³-hybridized carbons (Fsp3) is 0.444. The number of amides is 2. The standard InChI is InChI=1S/C18H24N4O3S/c1-14-5-6-17(12-26(14,24)25)21-18(23)20-10-15-3-2-4-16(9-15)11-22-8-7-19-13-22/h2-4,7-9,13-14,17H,5-6,10-12H2,1H3,(H2,20,21,23). The molecule has 2 aromatic rings. The highest BCUT2D eigenvalue weighted by molar-refractivity contribution is 7.92. The van der Waals surface area contributed by atoms with E-state index in [1.165, 1.54) is 0 Å². The Bertz CT molecular complexity index is 849. The molecule has 7 nitrogen and oxygen atoms in total. The quantitative estimate of drug-likeness (QED) is 0.831. The van der Waals surface area contributed by atoms with E-state index in [0.717, 1.165) is 17.7 Å². The fourth-order valence-corrected chi connectivity index (χ4v) is 4.74. The number of rotatable bonds is 5. The molecule has 1 saturated heterocycles. The number of carbonyl (C=O) groups is 1. The summed E-state index contributed by atoms with van der Waals surface area (Å²) in [4.78, 5) is 16.1. The van der Waals surface area contributed by atoms with E-state index in [1.807, 2.05) is 35.0 Å². The van der Waals surface area contributed by atoms with Crippen molar-refractivity contribution >= 4 is 15.9 Å². The molecule has 8 heteroatoms. The van der Waals surface area contributed by atoms with Crippen LogP contribution in [0.25, 0.3) is 0 Å². The summed E-state index contributed by atoms with van der Waals surface area (Å²) in [6.07, 6.45) is 6.68. The van der Waals surface area contributed by atoms with Crippen LogP contribution >= 0.6 is 0 Å². The number of nitrogens with zero attached hydrogens (tertiary/aromatic N) is 2. The van der Waals surface area contributed by atoms with Gasteiger partial charge in [0, 0.05) is 31.5 Å². The number of hydrogen-bond donors (Lipinski definition) is 2. The van der Waals surface area contributed by atoms with Crippen LogP contribution in [0.1, 0.15) is 30.9 Å². The molecule has 26 heavy (non-hydrogen) atoms. The van der Waals surface area contributed by atoms with Crippen LogP contribution < -0.4 is 10.6 Å². The highest BCUT2D eigenvalue weighted by atomic mass is 32.2. The zero-order valence-electron chi connectivity index (χ0n) is 14.8. The van der Waals surface area contributed by atoms with Crippen molar-refractivity contribution in [2.45, 2.75) is 44.1 Å². The van der Waals surface area contributed by atoms with E-state index < -0.39 is 9.84 Å². The molecular formula is C18H24N4O3S. The second-order valence-corrected chi connectivity index (χ2v) is 9.26. The van der Waals surface area contributed by atoms with Crippen LogP contribution in [0.4, 0.5) is 4.79 Å². The van der Waals surface area contributed by atoms with Gasteiger partial charge in [0.25, 0.3) is 0 Å². The zero-order valence-corrected chi connectivity index (χ0v) is 15.6. The lowest BCUT2D eigenvalue weighted by Crippen LogP contribution is -2.48. The van der Waals surface area contributed by atoms with Gasteiger partial charge in [0.15, 0.2) is 9.84 Å². The van der Waals surface area contributed by atoms with Gasteiger partial charge in [0.2, 0.25) is 0 Å². The average molecular weight is 376 g/mol. The van der Waals surface area contributed by atoms with Gasteiger partial charge in [-0.15, -0.1) is 0 Å². The van der Waals surface area contributed by atoms with E-state index >= 15 is 0 Å². The summed E-state index contributed by atoms with van der Waals surface area (Å²) < 4.78 is 25.9. The number of carbonyl (C=O) groups excluding carboxylic acids is 1. The van der Waals surface area contributed by atoms with Gasteiger partial charge < -0.3 is 15.2 Å². The van der Waals surface area contributed by atoms with Gasteiger partial charge in [0.05, 0.1) is 17.3 Å². The summed E-state index contributed by atoms with van der Waals surface area (Å²) in [5.41, 5.74) is 2.11. The monoisotopic (exact) mass is 376 g/mol. The Hall–Kier alpha value is -2.35. The summed E-state index contributed by atoms with van der Waals surface area (Å²) in [7, 11) is -3.10. The van der Waals surface area contributed by atoms with E-state index in [4.69, 9.17) is 0 Å². The molecule has 2 N–H and O–H groups in total. The molecule has 3 rings (SSSR count). The number of hydrogen-bond acceptors (Lipinski definition) is 4. The Balaban J connectivity index is 1.50. The smallest absolute Gasteiger partial charge is 0.315 e. The predicted octanol–water partition coefficient (Wildman–Crippen LogP) is 1.70. The molecule has 0 aliphatic carbocycles. The first-order chi connectivity index (χ1) is 12.4. The molecule has 140 valence electrons. The third-order valence-electron chi connectivity index (χ3n) is 4.67. The molecule has 0 spiro atoms. The van der Waals surface area contributed by atoms with Crippen LogP contribution in [0.2, 0.25) is 0 Å². The number of benzene rings is 1. The topological polar surface area (TPSA) is 93.1 Å². The predicted molar refractivity (Wildman–Crippen MR) is 99.4 cm³/mol. The molecule has 2 atom stereocenters. The molecule has 1 fully saturated rings. The molecule has 1 aliphatic rings. The maximum atomic E-state index is 12.1. The molecule has 1 aromatic carbocycles. The summed E-state index contributed by atoms with van der Waals surface area (Å²) in [6.45, 7) is 2.83. The summed E-state index contributed by atoms with van der Waals surface area (Å²) in [6, 6.07) is 7.31.